The summed E-state index contributed by atoms with van der Waals surface area (Å²) in [6.07, 6.45) is 4.32. The summed E-state index contributed by atoms with van der Waals surface area (Å²) >= 11 is 0. The van der Waals surface area contributed by atoms with E-state index in [1.807, 2.05) is 33.3 Å². The number of aromatic nitrogens is 3. The van der Waals surface area contributed by atoms with E-state index in [4.69, 9.17) is 4.52 Å². The standard InChI is InChI=1S/C17H25N5O3/c1-12-14(9-22-7-4-6-18-22)16(19-25-12)17(24)21-8-5-13(11-23)15(10-21)20(2)3/h4,6-7,13,15,23H,5,8-11H2,1-3H3/t13-,15-/m1/s1. The molecule has 0 unspecified atom stereocenters. The number of aliphatic hydroxyl groups is 1. The summed E-state index contributed by atoms with van der Waals surface area (Å²) < 4.78 is 7.03. The number of nitrogens with zero attached hydrogens (tertiary/aromatic N) is 5. The highest BCUT2D eigenvalue weighted by atomic mass is 16.5. The van der Waals surface area contributed by atoms with Crippen LogP contribution in [0.3, 0.4) is 0 Å². The maximum Gasteiger partial charge on any atom is 0.276 e. The van der Waals surface area contributed by atoms with Crippen molar-refractivity contribution in [3.63, 3.8) is 0 Å². The van der Waals surface area contributed by atoms with E-state index in [1.54, 1.807) is 15.8 Å². The molecule has 0 radical (unpaired) electrons. The molecule has 8 nitrogen and oxygen atoms in total. The number of hydrogen-bond acceptors (Lipinski definition) is 6. The van der Waals surface area contributed by atoms with Crippen molar-refractivity contribution < 1.29 is 14.4 Å². The summed E-state index contributed by atoms with van der Waals surface area (Å²) in [6.45, 7) is 3.58. The molecule has 1 saturated heterocycles. The molecule has 1 aliphatic rings. The molecule has 0 aromatic carbocycles. The van der Waals surface area contributed by atoms with E-state index >= 15 is 0 Å². The normalized spacial score (nSPS) is 21.1. The fraction of sp³-hybridized carbons (Fsp3) is 0.588. The summed E-state index contributed by atoms with van der Waals surface area (Å²) in [4.78, 5) is 16.9. The second-order valence-corrected chi connectivity index (χ2v) is 6.78. The van der Waals surface area contributed by atoms with E-state index in [0.717, 1.165) is 12.0 Å². The summed E-state index contributed by atoms with van der Waals surface area (Å²) in [5.41, 5.74) is 1.12. The third-order valence-corrected chi connectivity index (χ3v) is 4.97. The van der Waals surface area contributed by atoms with Crippen molar-refractivity contribution >= 4 is 5.91 Å². The molecule has 1 N–H and O–H groups in total. The van der Waals surface area contributed by atoms with Gasteiger partial charge in [0, 0.05) is 49.6 Å². The largest absolute Gasteiger partial charge is 0.396 e. The zero-order valence-electron chi connectivity index (χ0n) is 14.9. The number of carbonyl (C=O) groups is 1. The van der Waals surface area contributed by atoms with Crippen LogP contribution in [0.5, 0.6) is 0 Å². The first-order valence-electron chi connectivity index (χ1n) is 8.50. The van der Waals surface area contributed by atoms with Crippen LogP contribution in [0, 0.1) is 12.8 Å². The van der Waals surface area contributed by atoms with Gasteiger partial charge in [-0.3, -0.25) is 9.48 Å². The number of amides is 1. The molecule has 1 aliphatic heterocycles. The molecule has 2 aromatic heterocycles. The van der Waals surface area contributed by atoms with Crippen molar-refractivity contribution in [3.8, 4) is 0 Å². The number of rotatable bonds is 5. The number of aliphatic hydroxyl groups excluding tert-OH is 1. The van der Waals surface area contributed by atoms with E-state index in [9.17, 15) is 9.90 Å². The highest BCUT2D eigenvalue weighted by Gasteiger charge is 2.34. The van der Waals surface area contributed by atoms with Gasteiger partial charge in [0.25, 0.3) is 5.91 Å². The summed E-state index contributed by atoms with van der Waals surface area (Å²) in [6, 6.07) is 1.97. The second kappa shape index (κ2) is 7.37. The first-order chi connectivity index (χ1) is 12.0. The van der Waals surface area contributed by atoms with Gasteiger partial charge in [0.15, 0.2) is 5.69 Å². The first-order valence-corrected chi connectivity index (χ1v) is 8.50. The van der Waals surface area contributed by atoms with E-state index < -0.39 is 0 Å². The van der Waals surface area contributed by atoms with E-state index in [2.05, 4.69) is 15.2 Å². The maximum atomic E-state index is 13.0. The summed E-state index contributed by atoms with van der Waals surface area (Å²) in [7, 11) is 3.95. The summed E-state index contributed by atoms with van der Waals surface area (Å²) in [5.74, 6) is 0.692. The van der Waals surface area contributed by atoms with Gasteiger partial charge in [-0.2, -0.15) is 5.10 Å². The Morgan fingerprint density at radius 3 is 2.92 bits per heavy atom. The quantitative estimate of drug-likeness (QED) is 0.853. The van der Waals surface area contributed by atoms with Gasteiger partial charge in [0.2, 0.25) is 0 Å². The van der Waals surface area contributed by atoms with Crippen molar-refractivity contribution in [1.82, 2.24) is 24.7 Å². The van der Waals surface area contributed by atoms with Crippen molar-refractivity contribution in [1.29, 1.82) is 0 Å². The molecule has 3 heterocycles. The van der Waals surface area contributed by atoms with Crippen LogP contribution in [0.4, 0.5) is 0 Å². The van der Waals surface area contributed by atoms with Crippen molar-refractivity contribution in [2.45, 2.75) is 25.9 Å². The third kappa shape index (κ3) is 3.59. The van der Waals surface area contributed by atoms with Gasteiger partial charge in [0.1, 0.15) is 5.76 Å². The number of likely N-dealkylation sites (N-methyl/N-ethyl adjacent to an activating group) is 1. The molecule has 0 bridgehead atoms. The van der Waals surface area contributed by atoms with Gasteiger partial charge in [-0.05, 0) is 33.5 Å². The molecular weight excluding hydrogens is 322 g/mol. The molecule has 2 atom stereocenters. The maximum absolute atomic E-state index is 13.0. The Kier molecular flexibility index (Phi) is 5.19. The van der Waals surface area contributed by atoms with Crippen LogP contribution in [0.2, 0.25) is 0 Å². The zero-order chi connectivity index (χ0) is 18.0. The van der Waals surface area contributed by atoms with Crippen LogP contribution in [0.1, 0.15) is 28.2 Å². The number of carbonyl (C=O) groups excluding carboxylic acids is 1. The second-order valence-electron chi connectivity index (χ2n) is 6.78. The summed E-state index contributed by atoms with van der Waals surface area (Å²) in [5, 5.41) is 17.8. The van der Waals surface area contributed by atoms with Gasteiger partial charge in [0.05, 0.1) is 6.54 Å². The Bertz CT molecular complexity index is 710. The molecule has 3 rings (SSSR count). The van der Waals surface area contributed by atoms with E-state index in [1.165, 1.54) is 0 Å². The van der Waals surface area contributed by atoms with E-state index in [-0.39, 0.29) is 24.5 Å². The lowest BCUT2D eigenvalue weighted by atomic mass is 9.91. The van der Waals surface area contributed by atoms with Crippen molar-refractivity contribution in [2.75, 3.05) is 33.8 Å². The minimum atomic E-state index is -0.123. The predicted molar refractivity (Wildman–Crippen MR) is 91.1 cm³/mol. The van der Waals surface area contributed by atoms with Gasteiger partial charge in [-0.1, -0.05) is 5.16 Å². The Hall–Kier alpha value is -2.19. The minimum absolute atomic E-state index is 0.123. The molecule has 0 aliphatic carbocycles. The van der Waals surface area contributed by atoms with Crippen LogP contribution in [0.25, 0.3) is 0 Å². The Morgan fingerprint density at radius 2 is 2.28 bits per heavy atom. The molecule has 136 valence electrons. The molecule has 25 heavy (non-hydrogen) atoms. The van der Waals surface area contributed by atoms with E-state index in [0.29, 0.717) is 31.1 Å². The van der Waals surface area contributed by atoms with Crippen molar-refractivity contribution in [3.05, 3.63) is 35.5 Å². The third-order valence-electron chi connectivity index (χ3n) is 4.97. The zero-order valence-corrected chi connectivity index (χ0v) is 14.9. The smallest absolute Gasteiger partial charge is 0.276 e. The Labute approximate surface area is 147 Å². The van der Waals surface area contributed by atoms with Gasteiger partial charge < -0.3 is 19.4 Å². The molecule has 1 fully saturated rings. The minimum Gasteiger partial charge on any atom is -0.396 e. The molecule has 2 aromatic rings. The van der Waals surface area contributed by atoms with Gasteiger partial charge >= 0.3 is 0 Å². The van der Waals surface area contributed by atoms with Gasteiger partial charge in [-0.25, -0.2) is 0 Å². The average molecular weight is 347 g/mol. The fourth-order valence-electron chi connectivity index (χ4n) is 3.41. The molecule has 8 heteroatoms. The highest BCUT2D eigenvalue weighted by Crippen LogP contribution is 2.24. The SMILES string of the molecule is Cc1onc(C(=O)N2CC[C@H](CO)[C@H](N(C)C)C2)c1Cn1cccn1. The fourth-order valence-corrected chi connectivity index (χ4v) is 3.41. The van der Waals surface area contributed by atoms with Crippen LogP contribution >= 0.6 is 0 Å². The molecule has 0 spiro atoms. The molecule has 0 saturated carbocycles. The van der Waals surface area contributed by atoms with Crippen LogP contribution in [-0.4, -0.2) is 75.6 Å². The van der Waals surface area contributed by atoms with Crippen LogP contribution < -0.4 is 0 Å². The molecular formula is C17H25N5O3. The first kappa shape index (κ1) is 17.6. The number of likely N-dealkylation sites (tertiary alicyclic amines) is 1. The van der Waals surface area contributed by atoms with Gasteiger partial charge in [-0.15, -0.1) is 0 Å². The Balaban J connectivity index is 1.79. The lowest BCUT2D eigenvalue weighted by molar-refractivity contribution is 0.0371. The van der Waals surface area contributed by atoms with Crippen LogP contribution in [-0.2, 0) is 6.54 Å². The predicted octanol–water partition coefficient (Wildman–Crippen LogP) is 0.612. The lowest BCUT2D eigenvalue weighted by Gasteiger charge is -2.40. The molecule has 1 amide bonds. The topological polar surface area (TPSA) is 87.6 Å². The lowest BCUT2D eigenvalue weighted by Crippen LogP contribution is -2.53. The Morgan fingerprint density at radius 1 is 1.48 bits per heavy atom. The number of piperidine rings is 1. The monoisotopic (exact) mass is 347 g/mol. The highest BCUT2D eigenvalue weighted by molar-refractivity contribution is 5.94. The average Bonchev–Trinajstić information content (AvgIpc) is 3.24. The van der Waals surface area contributed by atoms with Crippen LogP contribution in [0.15, 0.2) is 23.0 Å². The number of hydrogen-bond donors (Lipinski definition) is 1. The van der Waals surface area contributed by atoms with Crippen molar-refractivity contribution in [2.24, 2.45) is 5.92 Å². The number of aryl methyl sites for hydroxylation is 1.